The predicted molar refractivity (Wildman–Crippen MR) is 76.1 cm³/mol. The second-order valence-electron chi connectivity index (χ2n) is 5.46. The van der Waals surface area contributed by atoms with Crippen LogP contribution in [0.4, 0.5) is 0 Å². The fourth-order valence-electron chi connectivity index (χ4n) is 2.62. The fraction of sp³-hybridized carbons (Fsp3) is 0.600. The number of hydrogen-bond donors (Lipinski definition) is 1. The van der Waals surface area contributed by atoms with Crippen molar-refractivity contribution in [2.75, 3.05) is 6.54 Å². The molecule has 0 radical (unpaired) electrons. The van der Waals surface area contributed by atoms with Gasteiger partial charge in [-0.15, -0.1) is 0 Å². The van der Waals surface area contributed by atoms with Crippen molar-refractivity contribution in [1.29, 1.82) is 0 Å². The Hall–Kier alpha value is -0.570. The minimum absolute atomic E-state index is 0.0639. The molecule has 1 saturated heterocycles. The molecule has 2 nitrogen and oxygen atoms in total. The first-order valence-electron chi connectivity index (χ1n) is 6.71. The Morgan fingerprint density at radius 1 is 1.39 bits per heavy atom. The van der Waals surface area contributed by atoms with Gasteiger partial charge in [0.1, 0.15) is 0 Å². The first-order valence-corrected chi connectivity index (χ1v) is 7.08. The van der Waals surface area contributed by atoms with Crippen molar-refractivity contribution in [3.8, 4) is 0 Å². The molecule has 3 atom stereocenters. The van der Waals surface area contributed by atoms with Gasteiger partial charge in [0.25, 0.3) is 0 Å². The molecule has 1 aromatic rings. The van der Waals surface area contributed by atoms with Crippen LogP contribution in [0.15, 0.2) is 24.3 Å². The third-order valence-corrected chi connectivity index (χ3v) is 3.89. The summed E-state index contributed by atoms with van der Waals surface area (Å²) in [5.41, 5.74) is 1.13. The van der Waals surface area contributed by atoms with E-state index < -0.39 is 0 Å². The minimum atomic E-state index is -0.0639. The maximum atomic E-state index is 6.35. The van der Waals surface area contributed by atoms with Crippen molar-refractivity contribution in [3.05, 3.63) is 34.9 Å². The Morgan fingerprint density at radius 3 is 2.67 bits per heavy atom. The van der Waals surface area contributed by atoms with Gasteiger partial charge >= 0.3 is 0 Å². The lowest BCUT2D eigenvalue weighted by Crippen LogP contribution is -2.53. The molecule has 3 heteroatoms. The summed E-state index contributed by atoms with van der Waals surface area (Å²) in [6, 6.07) is 8.31. The summed E-state index contributed by atoms with van der Waals surface area (Å²) in [6.45, 7) is 7.49. The molecule has 0 amide bonds. The Bertz CT molecular complexity index is 392. The van der Waals surface area contributed by atoms with Crippen LogP contribution >= 0.6 is 11.6 Å². The largest absolute Gasteiger partial charge is 0.364 e. The molecular formula is C15H22ClNO. The smallest absolute Gasteiger partial charge is 0.0983 e. The van der Waals surface area contributed by atoms with E-state index in [1.54, 1.807) is 0 Å². The van der Waals surface area contributed by atoms with E-state index in [0.29, 0.717) is 6.04 Å². The highest BCUT2D eigenvalue weighted by molar-refractivity contribution is 6.30. The zero-order valence-electron chi connectivity index (χ0n) is 11.4. The van der Waals surface area contributed by atoms with E-state index in [2.05, 4.69) is 38.2 Å². The van der Waals surface area contributed by atoms with Gasteiger partial charge in [-0.3, -0.25) is 0 Å². The van der Waals surface area contributed by atoms with E-state index in [-0.39, 0.29) is 11.7 Å². The molecule has 1 aliphatic heterocycles. The highest BCUT2D eigenvalue weighted by Gasteiger charge is 2.36. The third-order valence-electron chi connectivity index (χ3n) is 3.64. The van der Waals surface area contributed by atoms with Gasteiger partial charge < -0.3 is 10.1 Å². The second kappa shape index (κ2) is 5.60. The van der Waals surface area contributed by atoms with E-state index in [9.17, 15) is 0 Å². The topological polar surface area (TPSA) is 21.3 Å². The van der Waals surface area contributed by atoms with Gasteiger partial charge in [-0.2, -0.15) is 0 Å². The van der Waals surface area contributed by atoms with Crippen molar-refractivity contribution in [2.45, 2.75) is 51.4 Å². The predicted octanol–water partition coefficient (Wildman–Crippen LogP) is 3.95. The molecule has 1 heterocycles. The lowest BCUT2D eigenvalue weighted by Gasteiger charge is -2.43. The molecule has 18 heavy (non-hydrogen) atoms. The monoisotopic (exact) mass is 267 g/mol. The van der Waals surface area contributed by atoms with Crippen LogP contribution in [0.25, 0.3) is 0 Å². The maximum Gasteiger partial charge on any atom is 0.0983 e. The van der Waals surface area contributed by atoms with Crippen molar-refractivity contribution >= 4 is 11.6 Å². The van der Waals surface area contributed by atoms with Gasteiger partial charge in [-0.1, -0.05) is 37.1 Å². The van der Waals surface area contributed by atoms with Crippen LogP contribution in [0.5, 0.6) is 0 Å². The molecule has 0 aliphatic carbocycles. The summed E-state index contributed by atoms with van der Waals surface area (Å²) in [7, 11) is 0. The van der Waals surface area contributed by atoms with Crippen molar-refractivity contribution in [2.24, 2.45) is 0 Å². The van der Waals surface area contributed by atoms with Crippen LogP contribution in [0.3, 0.4) is 0 Å². The van der Waals surface area contributed by atoms with Gasteiger partial charge in [0.15, 0.2) is 0 Å². The Kier molecular flexibility index (Phi) is 4.31. The minimum Gasteiger partial charge on any atom is -0.364 e. The zero-order valence-corrected chi connectivity index (χ0v) is 12.1. The van der Waals surface area contributed by atoms with E-state index in [1.165, 1.54) is 5.56 Å². The number of morpholine rings is 1. The van der Waals surface area contributed by atoms with E-state index in [1.807, 2.05) is 12.1 Å². The molecule has 0 spiro atoms. The summed E-state index contributed by atoms with van der Waals surface area (Å²) in [5, 5.41) is 4.33. The van der Waals surface area contributed by atoms with Gasteiger partial charge in [0, 0.05) is 17.6 Å². The number of rotatable bonds is 3. The van der Waals surface area contributed by atoms with Crippen molar-refractivity contribution in [3.63, 3.8) is 0 Å². The second-order valence-corrected chi connectivity index (χ2v) is 5.90. The molecule has 100 valence electrons. The third kappa shape index (κ3) is 3.05. The number of ether oxygens (including phenoxy) is 1. The van der Waals surface area contributed by atoms with E-state index in [0.717, 1.165) is 24.4 Å². The molecule has 0 bridgehead atoms. The number of benzene rings is 1. The molecule has 1 aromatic carbocycles. The number of halogens is 1. The molecule has 1 N–H and O–H groups in total. The summed E-state index contributed by atoms with van der Waals surface area (Å²) in [4.78, 5) is 0. The fourth-order valence-corrected chi connectivity index (χ4v) is 2.75. The van der Waals surface area contributed by atoms with Crippen molar-refractivity contribution in [1.82, 2.24) is 5.32 Å². The van der Waals surface area contributed by atoms with Crippen LogP contribution in [0.1, 0.15) is 45.3 Å². The van der Waals surface area contributed by atoms with Crippen molar-refractivity contribution < 1.29 is 4.74 Å². The van der Waals surface area contributed by atoms with Crippen LogP contribution in [0.2, 0.25) is 5.02 Å². The summed E-state index contributed by atoms with van der Waals surface area (Å²) in [6.07, 6.45) is 2.32. The van der Waals surface area contributed by atoms with E-state index >= 15 is 0 Å². The summed E-state index contributed by atoms with van der Waals surface area (Å²) < 4.78 is 6.35. The van der Waals surface area contributed by atoms with Gasteiger partial charge in [-0.05, 0) is 38.0 Å². The van der Waals surface area contributed by atoms with Gasteiger partial charge in [0.05, 0.1) is 11.7 Å². The van der Waals surface area contributed by atoms with Crippen LogP contribution < -0.4 is 5.32 Å². The SMILES string of the molecule is CCCC1(C)CNC(C)C(c2ccc(Cl)cc2)O1. The average molecular weight is 268 g/mol. The Morgan fingerprint density at radius 2 is 2.06 bits per heavy atom. The summed E-state index contributed by atoms with van der Waals surface area (Å²) >= 11 is 5.94. The molecule has 0 aromatic heterocycles. The zero-order chi connectivity index (χ0) is 13.2. The van der Waals surface area contributed by atoms with Crippen LogP contribution in [-0.4, -0.2) is 18.2 Å². The quantitative estimate of drug-likeness (QED) is 0.895. The lowest BCUT2D eigenvalue weighted by atomic mass is 9.93. The molecule has 3 unspecified atom stereocenters. The van der Waals surface area contributed by atoms with Crippen LogP contribution in [0, 0.1) is 0 Å². The number of hydrogen-bond acceptors (Lipinski definition) is 2. The highest BCUT2D eigenvalue weighted by Crippen LogP contribution is 2.33. The normalized spacial score (nSPS) is 32.4. The van der Waals surface area contributed by atoms with Gasteiger partial charge in [-0.25, -0.2) is 0 Å². The molecule has 0 saturated carbocycles. The van der Waals surface area contributed by atoms with E-state index in [4.69, 9.17) is 16.3 Å². The lowest BCUT2D eigenvalue weighted by molar-refractivity contribution is -0.129. The molecule has 2 rings (SSSR count). The van der Waals surface area contributed by atoms with Crippen LogP contribution in [-0.2, 0) is 4.74 Å². The highest BCUT2D eigenvalue weighted by atomic mass is 35.5. The first kappa shape index (κ1) is 13.9. The molecule has 1 aliphatic rings. The Balaban J connectivity index is 2.17. The molecular weight excluding hydrogens is 246 g/mol. The standard InChI is InChI=1S/C15H22ClNO/c1-4-9-15(3)10-17-11(2)14(18-15)12-5-7-13(16)8-6-12/h5-8,11,14,17H,4,9-10H2,1-3H3. The number of nitrogens with one attached hydrogen (secondary N) is 1. The average Bonchev–Trinajstić information content (AvgIpc) is 2.34. The Labute approximate surface area is 115 Å². The van der Waals surface area contributed by atoms with Gasteiger partial charge in [0.2, 0.25) is 0 Å². The molecule has 1 fully saturated rings. The summed E-state index contributed by atoms with van der Waals surface area (Å²) in [5.74, 6) is 0. The maximum absolute atomic E-state index is 6.35. The first-order chi connectivity index (χ1) is 8.54.